The first-order valence-electron chi connectivity index (χ1n) is 5.28. The molecule has 2 aromatic rings. The fourth-order valence-electron chi connectivity index (χ4n) is 1.54. The van der Waals surface area contributed by atoms with E-state index >= 15 is 0 Å². The van der Waals surface area contributed by atoms with E-state index in [2.05, 4.69) is 21.2 Å². The van der Waals surface area contributed by atoms with Crippen LogP contribution in [0.1, 0.15) is 10.4 Å². The second-order valence-corrected chi connectivity index (χ2v) is 5.75. The molecule has 1 heterocycles. The van der Waals surface area contributed by atoms with E-state index < -0.39 is 0 Å². The number of nitro benzene ring substituents is 1. The van der Waals surface area contributed by atoms with E-state index in [-0.39, 0.29) is 10.6 Å². The molecule has 18 heavy (non-hydrogen) atoms. The number of aryl methyl sites for hydroxylation is 1. The lowest BCUT2D eigenvalue weighted by Gasteiger charge is -2.08. The minimum Gasteiger partial charge on any atom is -0.380 e. The third-order valence-electron chi connectivity index (χ3n) is 2.51. The highest BCUT2D eigenvalue weighted by Crippen LogP contribution is 2.24. The van der Waals surface area contributed by atoms with Crippen molar-refractivity contribution in [3.8, 4) is 0 Å². The first kappa shape index (κ1) is 13.0. The van der Waals surface area contributed by atoms with Crippen LogP contribution in [0.5, 0.6) is 0 Å². The van der Waals surface area contributed by atoms with Crippen LogP contribution in [-0.2, 0) is 6.54 Å². The summed E-state index contributed by atoms with van der Waals surface area (Å²) in [5.41, 5.74) is 1.90. The Balaban J connectivity index is 2.13. The molecule has 0 spiro atoms. The summed E-state index contributed by atoms with van der Waals surface area (Å²) in [4.78, 5) is 11.5. The van der Waals surface area contributed by atoms with Gasteiger partial charge in [0, 0.05) is 39.1 Å². The van der Waals surface area contributed by atoms with Gasteiger partial charge in [-0.3, -0.25) is 10.1 Å². The van der Waals surface area contributed by atoms with Crippen molar-refractivity contribution < 1.29 is 4.92 Å². The van der Waals surface area contributed by atoms with Gasteiger partial charge in [-0.25, -0.2) is 0 Å². The molecule has 2 rings (SSSR count). The molecule has 1 N–H and O–H groups in total. The zero-order valence-corrected chi connectivity index (χ0v) is 12.0. The van der Waals surface area contributed by atoms with Gasteiger partial charge in [0.15, 0.2) is 0 Å². The maximum atomic E-state index is 10.7. The van der Waals surface area contributed by atoms with E-state index in [0.717, 1.165) is 15.7 Å². The van der Waals surface area contributed by atoms with Crippen molar-refractivity contribution in [3.05, 3.63) is 54.7 Å². The number of hydrogen-bond donors (Lipinski definition) is 1. The monoisotopic (exact) mass is 326 g/mol. The van der Waals surface area contributed by atoms with Gasteiger partial charge in [-0.1, -0.05) is 6.07 Å². The molecule has 0 radical (unpaired) electrons. The van der Waals surface area contributed by atoms with Crippen molar-refractivity contribution >= 4 is 38.6 Å². The van der Waals surface area contributed by atoms with Crippen LogP contribution in [0.3, 0.4) is 0 Å². The van der Waals surface area contributed by atoms with Gasteiger partial charge in [-0.15, -0.1) is 11.3 Å². The normalized spacial score (nSPS) is 10.3. The maximum absolute atomic E-state index is 10.7. The molecule has 6 heteroatoms. The van der Waals surface area contributed by atoms with Crippen molar-refractivity contribution in [1.82, 2.24) is 0 Å². The Kier molecular flexibility index (Phi) is 3.98. The molecule has 0 atom stereocenters. The van der Waals surface area contributed by atoms with Gasteiger partial charge in [-0.05, 0) is 34.5 Å². The van der Waals surface area contributed by atoms with E-state index in [9.17, 15) is 10.1 Å². The molecule has 1 aromatic heterocycles. The number of nitro groups is 1. The highest BCUT2D eigenvalue weighted by molar-refractivity contribution is 9.10. The highest BCUT2D eigenvalue weighted by Gasteiger charge is 2.08. The van der Waals surface area contributed by atoms with Crippen molar-refractivity contribution in [1.29, 1.82) is 0 Å². The number of non-ortho nitro benzene ring substituents is 1. The first-order valence-corrected chi connectivity index (χ1v) is 6.95. The lowest BCUT2D eigenvalue weighted by atomic mass is 10.2. The summed E-state index contributed by atoms with van der Waals surface area (Å²) in [5, 5.41) is 15.9. The van der Waals surface area contributed by atoms with Gasteiger partial charge < -0.3 is 5.32 Å². The molecule has 0 bridgehead atoms. The van der Waals surface area contributed by atoms with Gasteiger partial charge in [0.05, 0.1) is 4.92 Å². The average molecular weight is 327 g/mol. The van der Waals surface area contributed by atoms with Crippen LogP contribution in [0.15, 0.2) is 34.1 Å². The summed E-state index contributed by atoms with van der Waals surface area (Å²) >= 11 is 5.04. The van der Waals surface area contributed by atoms with Crippen LogP contribution >= 0.6 is 27.3 Å². The van der Waals surface area contributed by atoms with E-state index in [1.54, 1.807) is 23.5 Å². The Morgan fingerprint density at radius 2 is 2.22 bits per heavy atom. The van der Waals surface area contributed by atoms with Crippen LogP contribution in [0.4, 0.5) is 11.4 Å². The summed E-state index contributed by atoms with van der Waals surface area (Å²) in [6.45, 7) is 2.59. The van der Waals surface area contributed by atoms with Crippen molar-refractivity contribution in [2.45, 2.75) is 13.5 Å². The third kappa shape index (κ3) is 3.08. The maximum Gasteiger partial charge on any atom is 0.271 e. The molecule has 0 aliphatic heterocycles. The van der Waals surface area contributed by atoms with E-state index in [4.69, 9.17) is 0 Å². The molecule has 1 aromatic carbocycles. The SMILES string of the molecule is Cc1ccc([N+](=O)[O-])cc1NCc1cc(Br)cs1. The Labute approximate surface area is 117 Å². The van der Waals surface area contributed by atoms with Gasteiger partial charge in [0.2, 0.25) is 0 Å². The molecule has 94 valence electrons. The quantitative estimate of drug-likeness (QED) is 0.671. The average Bonchev–Trinajstić information content (AvgIpc) is 2.74. The van der Waals surface area contributed by atoms with Crippen LogP contribution < -0.4 is 5.32 Å². The Morgan fingerprint density at radius 3 is 2.83 bits per heavy atom. The molecule has 0 fully saturated rings. The smallest absolute Gasteiger partial charge is 0.271 e. The minimum atomic E-state index is -0.383. The summed E-state index contributed by atoms with van der Waals surface area (Å²) in [6, 6.07) is 6.87. The van der Waals surface area contributed by atoms with Gasteiger partial charge in [-0.2, -0.15) is 0 Å². The highest BCUT2D eigenvalue weighted by atomic mass is 79.9. The zero-order chi connectivity index (χ0) is 13.1. The zero-order valence-electron chi connectivity index (χ0n) is 9.64. The van der Waals surface area contributed by atoms with Crippen LogP contribution in [0, 0.1) is 17.0 Å². The van der Waals surface area contributed by atoms with E-state index in [1.807, 2.05) is 18.4 Å². The first-order chi connectivity index (χ1) is 8.56. The molecular weight excluding hydrogens is 316 g/mol. The molecule has 0 unspecified atom stereocenters. The lowest BCUT2D eigenvalue weighted by Crippen LogP contribution is -2.00. The minimum absolute atomic E-state index is 0.107. The Morgan fingerprint density at radius 1 is 1.44 bits per heavy atom. The number of nitrogens with zero attached hydrogens (tertiary/aromatic N) is 1. The number of benzene rings is 1. The standard InChI is InChI=1S/C12H11BrN2O2S/c1-8-2-3-10(15(16)17)5-12(8)14-6-11-4-9(13)7-18-11/h2-5,7,14H,6H2,1H3. The van der Waals surface area contributed by atoms with E-state index in [0.29, 0.717) is 6.54 Å². The van der Waals surface area contributed by atoms with Crippen molar-refractivity contribution in [2.75, 3.05) is 5.32 Å². The van der Waals surface area contributed by atoms with Crippen molar-refractivity contribution in [3.63, 3.8) is 0 Å². The summed E-state index contributed by atoms with van der Waals surface area (Å²) in [7, 11) is 0. The van der Waals surface area contributed by atoms with Gasteiger partial charge >= 0.3 is 0 Å². The molecule has 0 saturated carbocycles. The number of nitrogens with one attached hydrogen (secondary N) is 1. The van der Waals surface area contributed by atoms with Gasteiger partial charge in [0.1, 0.15) is 0 Å². The van der Waals surface area contributed by atoms with Crippen LogP contribution in [-0.4, -0.2) is 4.92 Å². The number of halogens is 1. The third-order valence-corrected chi connectivity index (χ3v) is 4.20. The molecule has 0 aliphatic carbocycles. The number of anilines is 1. The molecule has 0 amide bonds. The van der Waals surface area contributed by atoms with E-state index in [1.165, 1.54) is 10.9 Å². The number of rotatable bonds is 4. The fraction of sp³-hybridized carbons (Fsp3) is 0.167. The fourth-order valence-corrected chi connectivity index (χ4v) is 2.93. The molecular formula is C12H11BrN2O2S. The molecule has 0 aliphatic rings. The lowest BCUT2D eigenvalue weighted by molar-refractivity contribution is -0.384. The summed E-state index contributed by atoms with van der Waals surface area (Å²) in [5.74, 6) is 0. The van der Waals surface area contributed by atoms with Crippen LogP contribution in [0.25, 0.3) is 0 Å². The number of hydrogen-bond acceptors (Lipinski definition) is 4. The Bertz CT molecular complexity index is 583. The Hall–Kier alpha value is -1.40. The molecule has 4 nitrogen and oxygen atoms in total. The predicted octanol–water partition coefficient (Wildman–Crippen LogP) is 4.34. The second kappa shape index (κ2) is 5.49. The largest absolute Gasteiger partial charge is 0.380 e. The second-order valence-electron chi connectivity index (χ2n) is 3.84. The van der Waals surface area contributed by atoms with Crippen LogP contribution in [0.2, 0.25) is 0 Å². The summed E-state index contributed by atoms with van der Waals surface area (Å²) in [6.07, 6.45) is 0. The predicted molar refractivity (Wildman–Crippen MR) is 77.2 cm³/mol. The van der Waals surface area contributed by atoms with Gasteiger partial charge in [0.25, 0.3) is 5.69 Å². The topological polar surface area (TPSA) is 55.2 Å². The summed E-state index contributed by atoms with van der Waals surface area (Å²) < 4.78 is 1.06. The number of thiophene rings is 1. The molecule has 0 saturated heterocycles. The van der Waals surface area contributed by atoms with Crippen molar-refractivity contribution in [2.24, 2.45) is 0 Å².